The van der Waals surface area contributed by atoms with Gasteiger partial charge in [0.2, 0.25) is 5.82 Å². The average molecular weight is 469 g/mol. The monoisotopic (exact) mass is 468 g/mol. The van der Waals surface area contributed by atoms with Gasteiger partial charge in [0.15, 0.2) is 23.1 Å². The summed E-state index contributed by atoms with van der Waals surface area (Å²) in [6.07, 6.45) is 6.02. The Kier molecular flexibility index (Phi) is 8.38. The number of rotatable bonds is 9. The molecule has 0 bridgehead atoms. The van der Waals surface area contributed by atoms with Gasteiger partial charge in [0, 0.05) is 0 Å². The number of alkyl halides is 2. The van der Waals surface area contributed by atoms with Crippen LogP contribution in [0.5, 0.6) is 11.5 Å². The van der Waals surface area contributed by atoms with E-state index in [0.717, 1.165) is 56.2 Å². The third-order valence-corrected chi connectivity index (χ3v) is 6.15. The van der Waals surface area contributed by atoms with Crippen molar-refractivity contribution in [2.75, 3.05) is 6.61 Å². The summed E-state index contributed by atoms with van der Waals surface area (Å²) >= 11 is 0. The summed E-state index contributed by atoms with van der Waals surface area (Å²) in [5, 5.41) is 0. The minimum Gasteiger partial charge on any atom is -0.491 e. The second-order valence-corrected chi connectivity index (χ2v) is 8.34. The maximum Gasteiger partial charge on any atom is 0.429 e. The Bertz CT molecular complexity index is 965. The molecular formula is C26H29F5O2. The molecule has 0 atom stereocenters. The van der Waals surface area contributed by atoms with Gasteiger partial charge in [0.1, 0.15) is 5.56 Å². The number of allylic oxidation sites excluding steroid dienone is 2. The van der Waals surface area contributed by atoms with Crippen molar-refractivity contribution in [3.8, 4) is 11.5 Å². The van der Waals surface area contributed by atoms with Crippen molar-refractivity contribution in [3.05, 3.63) is 71.1 Å². The number of halogens is 5. The van der Waals surface area contributed by atoms with Gasteiger partial charge in [-0.2, -0.15) is 13.2 Å². The van der Waals surface area contributed by atoms with Gasteiger partial charge in [0.05, 0.1) is 6.61 Å². The van der Waals surface area contributed by atoms with Gasteiger partial charge in [0.25, 0.3) is 0 Å². The molecule has 2 aromatic carbocycles. The Balaban J connectivity index is 1.69. The molecule has 1 fully saturated rings. The molecule has 2 aromatic rings. The summed E-state index contributed by atoms with van der Waals surface area (Å²) in [4.78, 5) is 0. The van der Waals surface area contributed by atoms with Crippen molar-refractivity contribution < 1.29 is 31.4 Å². The number of hydrogen-bond acceptors (Lipinski definition) is 2. The molecule has 0 aliphatic heterocycles. The molecule has 33 heavy (non-hydrogen) atoms. The summed E-state index contributed by atoms with van der Waals surface area (Å²) in [6, 6.07) is 5.45. The highest BCUT2D eigenvalue weighted by Gasteiger charge is 2.40. The molecule has 1 aliphatic rings. The highest BCUT2D eigenvalue weighted by Crippen LogP contribution is 2.40. The van der Waals surface area contributed by atoms with E-state index in [-0.39, 0.29) is 12.5 Å². The molecule has 0 heterocycles. The van der Waals surface area contributed by atoms with E-state index in [9.17, 15) is 22.0 Å². The summed E-state index contributed by atoms with van der Waals surface area (Å²) in [5.74, 6) is -4.71. The third-order valence-electron chi connectivity index (χ3n) is 6.15. The molecule has 2 nitrogen and oxygen atoms in total. The zero-order valence-corrected chi connectivity index (χ0v) is 18.9. The van der Waals surface area contributed by atoms with Crippen LogP contribution in [-0.2, 0) is 6.11 Å². The highest BCUT2D eigenvalue weighted by molar-refractivity contribution is 5.35. The second kappa shape index (κ2) is 11.0. The predicted octanol–water partition coefficient (Wildman–Crippen LogP) is 8.26. The maximum atomic E-state index is 14.6. The van der Waals surface area contributed by atoms with E-state index in [2.05, 4.69) is 10.8 Å². The molecule has 1 saturated carbocycles. The van der Waals surface area contributed by atoms with Gasteiger partial charge < -0.3 is 9.47 Å². The van der Waals surface area contributed by atoms with E-state index in [0.29, 0.717) is 12.0 Å². The summed E-state index contributed by atoms with van der Waals surface area (Å²) in [6.45, 7) is 3.59. The Hall–Kier alpha value is -2.57. The van der Waals surface area contributed by atoms with Crippen LogP contribution >= 0.6 is 0 Å². The molecule has 0 amide bonds. The quantitative estimate of drug-likeness (QED) is 0.272. The van der Waals surface area contributed by atoms with Crippen molar-refractivity contribution in [2.45, 2.75) is 64.4 Å². The summed E-state index contributed by atoms with van der Waals surface area (Å²) in [5.41, 5.74) is -0.600. The lowest BCUT2D eigenvalue weighted by Gasteiger charge is -2.29. The van der Waals surface area contributed by atoms with E-state index in [1.165, 1.54) is 6.07 Å². The van der Waals surface area contributed by atoms with Crippen molar-refractivity contribution >= 4 is 0 Å². The first-order valence-electron chi connectivity index (χ1n) is 11.4. The standard InChI is InChI=1S/C26H29F5O2/c1-3-5-6-7-17-8-10-18(11-9-17)19-12-14-22(21(27)16-19)33-26(30,31)20-13-15-23(32-4-2)25(29)24(20)28/h3,5,12-18H,4,6-11H2,1-2H3/b5-3+. The van der Waals surface area contributed by atoms with E-state index in [1.54, 1.807) is 13.0 Å². The molecule has 3 rings (SSSR count). The minimum atomic E-state index is -4.27. The van der Waals surface area contributed by atoms with E-state index in [1.807, 2.05) is 13.0 Å². The van der Waals surface area contributed by atoms with E-state index < -0.39 is 40.6 Å². The average Bonchev–Trinajstić information content (AvgIpc) is 2.79. The van der Waals surface area contributed by atoms with Gasteiger partial charge in [-0.05, 0) is 94.0 Å². The van der Waals surface area contributed by atoms with Crippen LogP contribution in [0.4, 0.5) is 22.0 Å². The molecule has 0 saturated heterocycles. The minimum absolute atomic E-state index is 0.0397. The number of ether oxygens (including phenoxy) is 2. The maximum absolute atomic E-state index is 14.6. The molecule has 0 spiro atoms. The Labute approximate surface area is 191 Å². The zero-order valence-electron chi connectivity index (χ0n) is 18.9. The molecule has 180 valence electrons. The number of benzene rings is 2. The van der Waals surface area contributed by atoms with Crippen molar-refractivity contribution in [2.24, 2.45) is 5.92 Å². The van der Waals surface area contributed by atoms with Crippen LogP contribution in [0.2, 0.25) is 0 Å². The Morgan fingerprint density at radius 1 is 0.970 bits per heavy atom. The van der Waals surface area contributed by atoms with Crippen LogP contribution in [0.25, 0.3) is 0 Å². The lowest BCUT2D eigenvalue weighted by Crippen LogP contribution is -2.24. The van der Waals surface area contributed by atoms with E-state index in [4.69, 9.17) is 4.74 Å². The first-order valence-corrected chi connectivity index (χ1v) is 11.4. The molecule has 0 aromatic heterocycles. The normalized spacial score (nSPS) is 19.1. The molecule has 1 aliphatic carbocycles. The first kappa shape index (κ1) is 25.1. The Morgan fingerprint density at radius 2 is 1.67 bits per heavy atom. The van der Waals surface area contributed by atoms with Crippen LogP contribution < -0.4 is 9.47 Å². The van der Waals surface area contributed by atoms with Crippen molar-refractivity contribution in [1.82, 2.24) is 0 Å². The van der Waals surface area contributed by atoms with Gasteiger partial charge in [-0.25, -0.2) is 8.78 Å². The van der Waals surface area contributed by atoms with Crippen LogP contribution in [0.3, 0.4) is 0 Å². The summed E-state index contributed by atoms with van der Waals surface area (Å²) < 4.78 is 81.3. The lowest BCUT2D eigenvalue weighted by atomic mass is 9.77. The predicted molar refractivity (Wildman–Crippen MR) is 117 cm³/mol. The van der Waals surface area contributed by atoms with Crippen LogP contribution in [0, 0.1) is 23.4 Å². The van der Waals surface area contributed by atoms with Crippen molar-refractivity contribution in [3.63, 3.8) is 0 Å². The first-order chi connectivity index (χ1) is 15.8. The smallest absolute Gasteiger partial charge is 0.429 e. The van der Waals surface area contributed by atoms with E-state index >= 15 is 0 Å². The van der Waals surface area contributed by atoms with Gasteiger partial charge in [-0.1, -0.05) is 18.2 Å². The van der Waals surface area contributed by atoms with Crippen LogP contribution in [0.15, 0.2) is 42.5 Å². The molecule has 0 radical (unpaired) electrons. The largest absolute Gasteiger partial charge is 0.491 e. The molecule has 0 unspecified atom stereocenters. The fourth-order valence-corrected chi connectivity index (χ4v) is 4.35. The lowest BCUT2D eigenvalue weighted by molar-refractivity contribution is -0.189. The Morgan fingerprint density at radius 3 is 2.30 bits per heavy atom. The van der Waals surface area contributed by atoms with Gasteiger partial charge >= 0.3 is 6.11 Å². The van der Waals surface area contributed by atoms with Crippen molar-refractivity contribution in [1.29, 1.82) is 0 Å². The molecule has 0 N–H and O–H groups in total. The topological polar surface area (TPSA) is 18.5 Å². The third kappa shape index (κ3) is 6.06. The molecular weight excluding hydrogens is 439 g/mol. The fraction of sp³-hybridized carbons (Fsp3) is 0.462. The van der Waals surface area contributed by atoms with Crippen LogP contribution in [-0.4, -0.2) is 6.61 Å². The fourth-order valence-electron chi connectivity index (χ4n) is 4.35. The summed E-state index contributed by atoms with van der Waals surface area (Å²) in [7, 11) is 0. The van der Waals surface area contributed by atoms with Gasteiger partial charge in [-0.3, -0.25) is 0 Å². The number of hydrogen-bond donors (Lipinski definition) is 0. The second-order valence-electron chi connectivity index (χ2n) is 8.34. The zero-order chi connectivity index (χ0) is 24.0. The highest BCUT2D eigenvalue weighted by atomic mass is 19.3. The SMILES string of the molecule is C/C=C/CCC1CCC(c2ccc(OC(F)(F)c3ccc(OCC)c(F)c3F)c(F)c2)CC1. The molecule has 7 heteroatoms. The van der Waals surface area contributed by atoms with Crippen LogP contribution in [0.1, 0.15) is 69.4 Å². The van der Waals surface area contributed by atoms with Gasteiger partial charge in [-0.15, -0.1) is 0 Å².